The molecule has 2 heterocycles. The normalized spacial score (nSPS) is 10.5. The third kappa shape index (κ3) is 3.17. The predicted molar refractivity (Wildman–Crippen MR) is 70.4 cm³/mol. The summed E-state index contributed by atoms with van der Waals surface area (Å²) in [6, 6.07) is 5.27. The van der Waals surface area contributed by atoms with Crippen LogP contribution >= 0.6 is 27.7 Å². The maximum absolute atomic E-state index is 11.3. The molecule has 0 amide bonds. The van der Waals surface area contributed by atoms with Crippen molar-refractivity contribution in [3.8, 4) is 0 Å². The fourth-order valence-electron chi connectivity index (χ4n) is 1.28. The molecule has 0 spiro atoms. The standard InChI is InChI=1S/C11H10BrN3OS/c1-6-5-9(16)15-11(13-6)17-10-4-3-8(12)7(2)14-10/h3-5H,1-2H3,(H,13,15,16). The van der Waals surface area contributed by atoms with Gasteiger partial charge < -0.3 is 4.98 Å². The molecule has 6 heteroatoms. The highest BCUT2D eigenvalue weighted by atomic mass is 79.9. The van der Waals surface area contributed by atoms with Crippen LogP contribution in [0.1, 0.15) is 11.4 Å². The van der Waals surface area contributed by atoms with E-state index in [1.807, 2.05) is 19.1 Å². The molecule has 2 aromatic rings. The average Bonchev–Trinajstić information content (AvgIpc) is 2.22. The summed E-state index contributed by atoms with van der Waals surface area (Å²) in [6.07, 6.45) is 0. The van der Waals surface area contributed by atoms with Gasteiger partial charge in [-0.2, -0.15) is 0 Å². The van der Waals surface area contributed by atoms with Crippen molar-refractivity contribution >= 4 is 27.7 Å². The molecule has 88 valence electrons. The summed E-state index contributed by atoms with van der Waals surface area (Å²) in [5.41, 5.74) is 1.46. The lowest BCUT2D eigenvalue weighted by molar-refractivity contribution is 0.900. The first-order chi connectivity index (χ1) is 8.04. The lowest BCUT2D eigenvalue weighted by atomic mass is 10.4. The van der Waals surface area contributed by atoms with E-state index >= 15 is 0 Å². The number of nitrogens with one attached hydrogen (secondary N) is 1. The first-order valence-corrected chi connectivity index (χ1v) is 6.54. The monoisotopic (exact) mass is 311 g/mol. The Hall–Kier alpha value is -1.14. The predicted octanol–water partition coefficient (Wildman–Crippen LogP) is 2.70. The second kappa shape index (κ2) is 5.01. The van der Waals surface area contributed by atoms with Crippen LogP contribution in [0, 0.1) is 13.8 Å². The van der Waals surface area contributed by atoms with E-state index < -0.39 is 0 Å². The molecule has 0 saturated heterocycles. The average molecular weight is 312 g/mol. The Bertz CT molecular complexity index is 612. The zero-order valence-electron chi connectivity index (χ0n) is 9.32. The highest BCUT2D eigenvalue weighted by molar-refractivity contribution is 9.10. The van der Waals surface area contributed by atoms with Gasteiger partial charge in [-0.25, -0.2) is 9.97 Å². The Morgan fingerprint density at radius 1 is 1.29 bits per heavy atom. The Morgan fingerprint density at radius 3 is 2.71 bits per heavy atom. The Labute approximate surface area is 111 Å². The van der Waals surface area contributed by atoms with Crippen LogP contribution in [0.15, 0.2) is 37.6 Å². The summed E-state index contributed by atoms with van der Waals surface area (Å²) in [5, 5.41) is 1.36. The molecule has 17 heavy (non-hydrogen) atoms. The van der Waals surface area contributed by atoms with Gasteiger partial charge >= 0.3 is 0 Å². The fourth-order valence-corrected chi connectivity index (χ4v) is 2.36. The molecular formula is C11H10BrN3OS. The topological polar surface area (TPSA) is 58.6 Å². The van der Waals surface area contributed by atoms with Gasteiger partial charge in [0.1, 0.15) is 5.03 Å². The van der Waals surface area contributed by atoms with Crippen molar-refractivity contribution in [2.45, 2.75) is 24.0 Å². The maximum atomic E-state index is 11.3. The molecular weight excluding hydrogens is 302 g/mol. The minimum atomic E-state index is -0.145. The molecule has 0 aliphatic rings. The van der Waals surface area contributed by atoms with Gasteiger partial charge in [-0.15, -0.1) is 0 Å². The number of pyridine rings is 1. The molecule has 0 unspecified atom stereocenters. The Morgan fingerprint density at radius 2 is 2.06 bits per heavy atom. The van der Waals surface area contributed by atoms with E-state index in [1.54, 1.807) is 6.92 Å². The van der Waals surface area contributed by atoms with E-state index in [4.69, 9.17) is 0 Å². The van der Waals surface area contributed by atoms with Crippen molar-refractivity contribution in [3.05, 3.63) is 44.4 Å². The maximum Gasteiger partial charge on any atom is 0.251 e. The van der Waals surface area contributed by atoms with Crippen molar-refractivity contribution in [1.82, 2.24) is 15.0 Å². The minimum absolute atomic E-state index is 0.145. The van der Waals surface area contributed by atoms with Crippen LogP contribution in [0.4, 0.5) is 0 Å². The molecule has 4 nitrogen and oxygen atoms in total. The zero-order chi connectivity index (χ0) is 12.4. The molecule has 0 aliphatic carbocycles. The number of aryl methyl sites for hydroxylation is 2. The van der Waals surface area contributed by atoms with Crippen LogP contribution in [0.3, 0.4) is 0 Å². The number of nitrogens with zero attached hydrogens (tertiary/aromatic N) is 2. The van der Waals surface area contributed by atoms with Crippen LogP contribution in [0.5, 0.6) is 0 Å². The lowest BCUT2D eigenvalue weighted by Gasteiger charge is -2.03. The number of aromatic amines is 1. The highest BCUT2D eigenvalue weighted by Crippen LogP contribution is 2.24. The van der Waals surface area contributed by atoms with Gasteiger partial charge in [0.25, 0.3) is 5.56 Å². The SMILES string of the molecule is Cc1cc(=O)[nH]c(Sc2ccc(Br)c(C)n2)n1. The second-order valence-corrected chi connectivity index (χ2v) is 5.37. The van der Waals surface area contributed by atoms with Crippen molar-refractivity contribution in [1.29, 1.82) is 0 Å². The first kappa shape index (κ1) is 12.3. The molecule has 0 radical (unpaired) electrons. The van der Waals surface area contributed by atoms with Crippen LogP contribution in [0.2, 0.25) is 0 Å². The minimum Gasteiger partial charge on any atom is -0.301 e. The van der Waals surface area contributed by atoms with Crippen LogP contribution in [-0.2, 0) is 0 Å². The molecule has 2 aromatic heterocycles. The Balaban J connectivity index is 2.31. The van der Waals surface area contributed by atoms with Gasteiger partial charge in [0.2, 0.25) is 0 Å². The summed E-state index contributed by atoms with van der Waals surface area (Å²) in [6.45, 7) is 3.71. The van der Waals surface area contributed by atoms with Gasteiger partial charge in [0.05, 0.1) is 5.69 Å². The van der Waals surface area contributed by atoms with Crippen LogP contribution in [0.25, 0.3) is 0 Å². The molecule has 0 aromatic carbocycles. The molecule has 0 fully saturated rings. The van der Waals surface area contributed by atoms with E-state index in [2.05, 4.69) is 30.9 Å². The van der Waals surface area contributed by atoms with Gasteiger partial charge in [0.15, 0.2) is 5.16 Å². The number of rotatable bonds is 2. The van der Waals surface area contributed by atoms with Crippen molar-refractivity contribution in [2.24, 2.45) is 0 Å². The molecule has 1 N–H and O–H groups in total. The molecule has 2 rings (SSSR count). The van der Waals surface area contributed by atoms with E-state index in [0.717, 1.165) is 15.2 Å². The molecule has 0 saturated carbocycles. The number of H-pyrrole nitrogens is 1. The highest BCUT2D eigenvalue weighted by Gasteiger charge is 2.04. The number of hydrogen-bond acceptors (Lipinski definition) is 4. The van der Waals surface area contributed by atoms with Gasteiger partial charge in [-0.05, 0) is 53.7 Å². The van der Waals surface area contributed by atoms with E-state index in [9.17, 15) is 4.79 Å². The van der Waals surface area contributed by atoms with E-state index in [0.29, 0.717) is 10.9 Å². The van der Waals surface area contributed by atoms with Gasteiger partial charge in [-0.1, -0.05) is 0 Å². The Kier molecular flexibility index (Phi) is 3.63. The smallest absolute Gasteiger partial charge is 0.251 e. The van der Waals surface area contributed by atoms with Crippen molar-refractivity contribution in [3.63, 3.8) is 0 Å². The van der Waals surface area contributed by atoms with Crippen LogP contribution < -0.4 is 5.56 Å². The van der Waals surface area contributed by atoms with E-state index in [1.165, 1.54) is 17.8 Å². The quantitative estimate of drug-likeness (QED) is 0.866. The van der Waals surface area contributed by atoms with Gasteiger partial charge in [-0.3, -0.25) is 4.79 Å². The summed E-state index contributed by atoms with van der Waals surface area (Å²) in [7, 11) is 0. The fraction of sp³-hybridized carbons (Fsp3) is 0.182. The van der Waals surface area contributed by atoms with E-state index in [-0.39, 0.29) is 5.56 Å². The number of hydrogen-bond donors (Lipinski definition) is 1. The van der Waals surface area contributed by atoms with Crippen LogP contribution in [-0.4, -0.2) is 15.0 Å². The number of aromatic nitrogens is 3. The van der Waals surface area contributed by atoms with Gasteiger partial charge in [0, 0.05) is 16.2 Å². The lowest BCUT2D eigenvalue weighted by Crippen LogP contribution is -2.08. The first-order valence-electron chi connectivity index (χ1n) is 4.93. The summed E-state index contributed by atoms with van der Waals surface area (Å²) in [4.78, 5) is 22.6. The third-order valence-corrected chi connectivity index (χ3v) is 3.71. The molecule has 0 atom stereocenters. The zero-order valence-corrected chi connectivity index (χ0v) is 11.7. The second-order valence-electron chi connectivity index (χ2n) is 3.51. The molecule has 0 bridgehead atoms. The van der Waals surface area contributed by atoms with Crippen molar-refractivity contribution in [2.75, 3.05) is 0 Å². The largest absolute Gasteiger partial charge is 0.301 e. The summed E-state index contributed by atoms with van der Waals surface area (Å²) in [5.74, 6) is 0. The third-order valence-electron chi connectivity index (χ3n) is 2.05. The number of halogens is 1. The summed E-state index contributed by atoms with van der Waals surface area (Å²) < 4.78 is 0.965. The molecule has 0 aliphatic heterocycles. The summed E-state index contributed by atoms with van der Waals surface area (Å²) >= 11 is 4.73. The van der Waals surface area contributed by atoms with Crippen molar-refractivity contribution < 1.29 is 0 Å².